The number of hydrogen-bond donors (Lipinski definition) is 1. The molecule has 0 saturated heterocycles. The fourth-order valence-electron chi connectivity index (χ4n) is 1.42. The molecule has 1 unspecified atom stereocenters. The summed E-state index contributed by atoms with van der Waals surface area (Å²) in [4.78, 5) is 4.13. The summed E-state index contributed by atoms with van der Waals surface area (Å²) in [6.45, 7) is 2.22. The highest BCUT2D eigenvalue weighted by molar-refractivity contribution is 7.99. The largest absolute Gasteiger partial charge is 0.316 e. The lowest BCUT2D eigenvalue weighted by atomic mass is 10.1. The van der Waals surface area contributed by atoms with Crippen molar-refractivity contribution in [3.63, 3.8) is 0 Å². The molecule has 0 bridgehead atoms. The first-order chi connectivity index (χ1) is 7.36. The summed E-state index contributed by atoms with van der Waals surface area (Å²) >= 11 is 2.02. The molecule has 1 rings (SSSR count). The summed E-state index contributed by atoms with van der Waals surface area (Å²) in [6.07, 6.45) is 6.10. The van der Waals surface area contributed by atoms with Crippen molar-refractivity contribution in [3.05, 3.63) is 30.1 Å². The molecule has 0 radical (unpaired) electrons. The van der Waals surface area contributed by atoms with Crippen LogP contribution in [0.25, 0.3) is 0 Å². The van der Waals surface area contributed by atoms with Crippen LogP contribution in [0.5, 0.6) is 0 Å². The number of rotatable bonds is 7. The van der Waals surface area contributed by atoms with Gasteiger partial charge in [-0.2, -0.15) is 11.8 Å². The summed E-state index contributed by atoms with van der Waals surface area (Å²) in [5.74, 6) is 2.43. The van der Waals surface area contributed by atoms with E-state index in [9.17, 15) is 0 Å². The van der Waals surface area contributed by atoms with Crippen LogP contribution in [0.2, 0.25) is 0 Å². The van der Waals surface area contributed by atoms with E-state index in [1.807, 2.05) is 37.3 Å². The molecule has 1 atom stereocenters. The third-order valence-corrected chi connectivity index (χ3v) is 3.62. The van der Waals surface area contributed by atoms with Crippen molar-refractivity contribution in [2.24, 2.45) is 0 Å². The van der Waals surface area contributed by atoms with Gasteiger partial charge in [0.15, 0.2) is 0 Å². The van der Waals surface area contributed by atoms with Gasteiger partial charge in [0.2, 0.25) is 0 Å². The highest BCUT2D eigenvalue weighted by Crippen LogP contribution is 2.08. The Hall–Kier alpha value is -0.540. The van der Waals surface area contributed by atoms with Crippen molar-refractivity contribution in [1.29, 1.82) is 0 Å². The van der Waals surface area contributed by atoms with Crippen LogP contribution in [0.3, 0.4) is 0 Å². The molecule has 0 aliphatic heterocycles. The summed E-state index contributed by atoms with van der Waals surface area (Å²) in [5, 5.41) is 3.36. The molecule has 0 aromatic carbocycles. The Kier molecular flexibility index (Phi) is 6.44. The molecule has 2 nitrogen and oxygen atoms in total. The van der Waals surface area contributed by atoms with Gasteiger partial charge in [-0.3, -0.25) is 4.98 Å². The highest BCUT2D eigenvalue weighted by Gasteiger charge is 2.06. The first kappa shape index (κ1) is 12.5. The molecule has 1 N–H and O–H groups in total. The van der Waals surface area contributed by atoms with Crippen LogP contribution >= 0.6 is 11.8 Å². The fourth-order valence-corrected chi connectivity index (χ4v) is 2.44. The SMILES string of the molecule is CCCSCC(Cc1cccnc1)NC. The zero-order valence-corrected chi connectivity index (χ0v) is 10.4. The van der Waals surface area contributed by atoms with E-state index in [-0.39, 0.29) is 0 Å². The standard InChI is InChI=1S/C12H20N2S/c1-3-7-15-10-12(13-2)8-11-5-4-6-14-9-11/h4-6,9,12-13H,3,7-8,10H2,1-2H3. The number of hydrogen-bond acceptors (Lipinski definition) is 3. The number of nitrogens with one attached hydrogen (secondary N) is 1. The lowest BCUT2D eigenvalue weighted by Crippen LogP contribution is -2.30. The molecular formula is C12H20N2S. The molecule has 0 saturated carbocycles. The number of nitrogens with zero attached hydrogens (tertiary/aromatic N) is 1. The van der Waals surface area contributed by atoms with E-state index < -0.39 is 0 Å². The molecule has 1 aromatic heterocycles. The highest BCUT2D eigenvalue weighted by atomic mass is 32.2. The van der Waals surface area contributed by atoms with E-state index in [0.717, 1.165) is 6.42 Å². The Bertz CT molecular complexity index is 251. The normalized spacial score (nSPS) is 12.7. The maximum Gasteiger partial charge on any atom is 0.0300 e. The van der Waals surface area contributed by atoms with E-state index in [0.29, 0.717) is 6.04 Å². The smallest absolute Gasteiger partial charge is 0.0300 e. The summed E-state index contributed by atoms with van der Waals surface area (Å²) in [6, 6.07) is 4.70. The maximum atomic E-state index is 4.13. The predicted octanol–water partition coefficient (Wildman–Crippen LogP) is 2.36. The van der Waals surface area contributed by atoms with Gasteiger partial charge in [0, 0.05) is 24.2 Å². The van der Waals surface area contributed by atoms with E-state index in [1.165, 1.54) is 23.5 Å². The van der Waals surface area contributed by atoms with Crippen LogP contribution in [-0.2, 0) is 6.42 Å². The molecule has 0 amide bonds. The van der Waals surface area contributed by atoms with Gasteiger partial charge in [-0.25, -0.2) is 0 Å². The summed E-state index contributed by atoms with van der Waals surface area (Å²) in [7, 11) is 2.04. The Morgan fingerprint density at radius 3 is 3.00 bits per heavy atom. The van der Waals surface area contributed by atoms with Crippen molar-refractivity contribution >= 4 is 11.8 Å². The van der Waals surface area contributed by atoms with Gasteiger partial charge >= 0.3 is 0 Å². The lowest BCUT2D eigenvalue weighted by molar-refractivity contribution is 0.616. The molecule has 0 fully saturated rings. The average molecular weight is 224 g/mol. The molecule has 0 spiro atoms. The minimum atomic E-state index is 0.561. The quantitative estimate of drug-likeness (QED) is 0.720. The van der Waals surface area contributed by atoms with Crippen molar-refractivity contribution in [1.82, 2.24) is 10.3 Å². The minimum absolute atomic E-state index is 0.561. The van der Waals surface area contributed by atoms with Crippen LogP contribution in [0.15, 0.2) is 24.5 Å². The molecule has 1 heterocycles. The minimum Gasteiger partial charge on any atom is -0.316 e. The topological polar surface area (TPSA) is 24.9 Å². The predicted molar refractivity (Wildman–Crippen MR) is 68.4 cm³/mol. The molecule has 84 valence electrons. The molecule has 3 heteroatoms. The van der Waals surface area contributed by atoms with Crippen LogP contribution in [0.4, 0.5) is 0 Å². The van der Waals surface area contributed by atoms with Crippen LogP contribution in [-0.4, -0.2) is 29.6 Å². The van der Waals surface area contributed by atoms with E-state index in [1.54, 1.807) is 0 Å². The molecule has 15 heavy (non-hydrogen) atoms. The second-order valence-corrected chi connectivity index (χ2v) is 4.78. The first-order valence-electron chi connectivity index (χ1n) is 5.50. The van der Waals surface area contributed by atoms with E-state index in [2.05, 4.69) is 23.3 Å². The van der Waals surface area contributed by atoms with Gasteiger partial charge in [0.05, 0.1) is 0 Å². The first-order valence-corrected chi connectivity index (χ1v) is 6.66. The van der Waals surface area contributed by atoms with Crippen molar-refractivity contribution < 1.29 is 0 Å². The second-order valence-electron chi connectivity index (χ2n) is 3.63. The monoisotopic (exact) mass is 224 g/mol. The van der Waals surface area contributed by atoms with E-state index in [4.69, 9.17) is 0 Å². The lowest BCUT2D eigenvalue weighted by Gasteiger charge is -2.15. The Morgan fingerprint density at radius 2 is 2.40 bits per heavy atom. The Balaban J connectivity index is 2.33. The zero-order valence-electron chi connectivity index (χ0n) is 9.57. The van der Waals surface area contributed by atoms with Gasteiger partial charge in [-0.05, 0) is 37.3 Å². The maximum absolute atomic E-state index is 4.13. The Morgan fingerprint density at radius 1 is 1.53 bits per heavy atom. The second kappa shape index (κ2) is 7.71. The number of likely N-dealkylation sites (N-methyl/N-ethyl adjacent to an activating group) is 1. The van der Waals surface area contributed by atoms with Crippen molar-refractivity contribution in [3.8, 4) is 0 Å². The van der Waals surface area contributed by atoms with Gasteiger partial charge in [0.25, 0.3) is 0 Å². The van der Waals surface area contributed by atoms with Crippen LogP contribution in [0.1, 0.15) is 18.9 Å². The fraction of sp³-hybridized carbons (Fsp3) is 0.583. The van der Waals surface area contributed by atoms with Crippen LogP contribution in [0, 0.1) is 0 Å². The summed E-state index contributed by atoms with van der Waals surface area (Å²) < 4.78 is 0. The van der Waals surface area contributed by atoms with E-state index >= 15 is 0 Å². The summed E-state index contributed by atoms with van der Waals surface area (Å²) in [5.41, 5.74) is 1.31. The third-order valence-electron chi connectivity index (χ3n) is 2.28. The van der Waals surface area contributed by atoms with Gasteiger partial charge in [-0.1, -0.05) is 13.0 Å². The molecule has 0 aliphatic carbocycles. The average Bonchev–Trinajstić information content (AvgIpc) is 2.29. The number of aromatic nitrogens is 1. The van der Waals surface area contributed by atoms with Gasteiger partial charge in [-0.15, -0.1) is 0 Å². The number of pyridine rings is 1. The van der Waals surface area contributed by atoms with Crippen LogP contribution < -0.4 is 5.32 Å². The third kappa shape index (κ3) is 5.19. The van der Waals surface area contributed by atoms with Gasteiger partial charge < -0.3 is 5.32 Å². The van der Waals surface area contributed by atoms with Crippen molar-refractivity contribution in [2.75, 3.05) is 18.6 Å². The zero-order chi connectivity index (χ0) is 10.9. The van der Waals surface area contributed by atoms with Gasteiger partial charge in [0.1, 0.15) is 0 Å². The number of thioether (sulfide) groups is 1. The molecule has 1 aromatic rings. The molecular weight excluding hydrogens is 204 g/mol. The Labute approximate surface area is 96.9 Å². The molecule has 0 aliphatic rings. The van der Waals surface area contributed by atoms with Crippen molar-refractivity contribution in [2.45, 2.75) is 25.8 Å².